The van der Waals surface area contributed by atoms with Crippen molar-refractivity contribution in [2.75, 3.05) is 19.6 Å². The quantitative estimate of drug-likeness (QED) is 0.835. The van der Waals surface area contributed by atoms with Crippen LogP contribution in [0.15, 0.2) is 12.3 Å². The van der Waals surface area contributed by atoms with Gasteiger partial charge in [-0.1, -0.05) is 6.92 Å². The molecule has 136 valence electrons. The number of nitrogens with one attached hydrogen (secondary N) is 1. The van der Waals surface area contributed by atoms with E-state index in [1.54, 1.807) is 17.2 Å². The van der Waals surface area contributed by atoms with Gasteiger partial charge in [0.2, 0.25) is 5.91 Å². The predicted octanol–water partition coefficient (Wildman–Crippen LogP) is 2.31. The van der Waals surface area contributed by atoms with Gasteiger partial charge in [0.15, 0.2) is 5.65 Å². The maximum absolute atomic E-state index is 13.0. The van der Waals surface area contributed by atoms with Crippen molar-refractivity contribution in [3.63, 3.8) is 0 Å². The minimum Gasteiger partial charge on any atom is -0.355 e. The molecule has 0 aliphatic carbocycles. The van der Waals surface area contributed by atoms with Crippen molar-refractivity contribution in [2.24, 2.45) is 0 Å². The Morgan fingerprint density at radius 2 is 2.04 bits per heavy atom. The highest BCUT2D eigenvalue weighted by atomic mass is 16.2. The van der Waals surface area contributed by atoms with Crippen LogP contribution in [0.4, 0.5) is 0 Å². The van der Waals surface area contributed by atoms with Gasteiger partial charge in [-0.25, -0.2) is 9.67 Å². The third kappa shape index (κ3) is 3.97. The summed E-state index contributed by atoms with van der Waals surface area (Å²) in [6.07, 6.45) is 2.62. The number of nitrogens with zero attached hydrogens (tertiary/aromatic N) is 4. The first-order valence-corrected chi connectivity index (χ1v) is 8.83. The van der Waals surface area contributed by atoms with Gasteiger partial charge in [-0.3, -0.25) is 9.59 Å². The Labute approximate surface area is 148 Å². The van der Waals surface area contributed by atoms with Gasteiger partial charge in [0, 0.05) is 18.8 Å². The summed E-state index contributed by atoms with van der Waals surface area (Å²) in [6.45, 7) is 10.8. The van der Waals surface area contributed by atoms with Crippen molar-refractivity contribution >= 4 is 22.8 Å². The van der Waals surface area contributed by atoms with Crippen molar-refractivity contribution in [1.82, 2.24) is 25.0 Å². The van der Waals surface area contributed by atoms with Crippen LogP contribution in [-0.2, 0) is 4.79 Å². The van der Waals surface area contributed by atoms with Crippen LogP contribution < -0.4 is 5.32 Å². The van der Waals surface area contributed by atoms with Crippen LogP contribution in [0.1, 0.15) is 56.2 Å². The highest BCUT2D eigenvalue weighted by Gasteiger charge is 2.22. The molecule has 0 saturated heterocycles. The van der Waals surface area contributed by atoms with E-state index in [0.717, 1.165) is 17.5 Å². The van der Waals surface area contributed by atoms with Gasteiger partial charge < -0.3 is 10.2 Å². The number of likely N-dealkylation sites (N-methyl/N-ethyl adjacent to an activating group) is 2. The minimum absolute atomic E-state index is 0.0472. The van der Waals surface area contributed by atoms with E-state index in [4.69, 9.17) is 0 Å². The average Bonchev–Trinajstić information content (AvgIpc) is 3.01. The standard InChI is InChI=1S/C18H27N5O2/c1-6-13(5)23-17-15(10-20-23)14(9-12(4)21-17)18(25)22(8-3)11-16(24)19-7-2/h9-10,13H,6-8,11H2,1-5H3,(H,19,24). The maximum atomic E-state index is 13.0. The fourth-order valence-electron chi connectivity index (χ4n) is 2.74. The number of fused-ring (bicyclic) bond motifs is 1. The van der Waals surface area contributed by atoms with Crippen molar-refractivity contribution < 1.29 is 9.59 Å². The predicted molar refractivity (Wildman–Crippen MR) is 97.5 cm³/mol. The molecular weight excluding hydrogens is 318 g/mol. The third-order valence-corrected chi connectivity index (χ3v) is 4.31. The Bertz CT molecular complexity index is 768. The summed E-state index contributed by atoms with van der Waals surface area (Å²) < 4.78 is 1.86. The van der Waals surface area contributed by atoms with Gasteiger partial charge in [0.05, 0.1) is 29.7 Å². The summed E-state index contributed by atoms with van der Waals surface area (Å²) >= 11 is 0. The molecule has 1 unspecified atom stereocenters. The van der Waals surface area contributed by atoms with Gasteiger partial charge in [0.1, 0.15) is 0 Å². The highest BCUT2D eigenvalue weighted by Crippen LogP contribution is 2.23. The molecule has 2 aromatic rings. The molecule has 2 heterocycles. The highest BCUT2D eigenvalue weighted by molar-refractivity contribution is 6.06. The Hall–Kier alpha value is -2.44. The lowest BCUT2D eigenvalue weighted by Gasteiger charge is -2.21. The monoisotopic (exact) mass is 345 g/mol. The van der Waals surface area contributed by atoms with Gasteiger partial charge >= 0.3 is 0 Å². The first kappa shape index (κ1) is 18.9. The summed E-state index contributed by atoms with van der Waals surface area (Å²) in [4.78, 5) is 31.0. The van der Waals surface area contributed by atoms with Crippen LogP contribution in [0.25, 0.3) is 11.0 Å². The molecule has 0 saturated carbocycles. The average molecular weight is 345 g/mol. The Morgan fingerprint density at radius 1 is 1.32 bits per heavy atom. The number of hydrogen-bond donors (Lipinski definition) is 1. The molecule has 0 aliphatic rings. The van der Waals surface area contributed by atoms with Crippen LogP contribution in [0, 0.1) is 6.92 Å². The van der Waals surface area contributed by atoms with Gasteiger partial charge in [-0.2, -0.15) is 5.10 Å². The molecule has 2 aromatic heterocycles. The molecule has 0 spiro atoms. The largest absolute Gasteiger partial charge is 0.355 e. The van der Waals surface area contributed by atoms with E-state index in [9.17, 15) is 9.59 Å². The smallest absolute Gasteiger partial charge is 0.255 e. The zero-order valence-electron chi connectivity index (χ0n) is 15.7. The van der Waals surface area contributed by atoms with E-state index in [-0.39, 0.29) is 24.4 Å². The molecule has 0 aliphatic heterocycles. The van der Waals surface area contributed by atoms with Crippen LogP contribution in [-0.4, -0.2) is 51.1 Å². The molecular formula is C18H27N5O2. The van der Waals surface area contributed by atoms with E-state index >= 15 is 0 Å². The molecule has 0 bridgehead atoms. The first-order chi connectivity index (χ1) is 11.9. The van der Waals surface area contributed by atoms with Gasteiger partial charge in [-0.05, 0) is 40.2 Å². The number of aryl methyl sites for hydroxylation is 1. The number of rotatable bonds is 7. The van der Waals surface area contributed by atoms with Gasteiger partial charge in [0.25, 0.3) is 5.91 Å². The number of amides is 2. The Morgan fingerprint density at radius 3 is 2.64 bits per heavy atom. The molecule has 1 atom stereocenters. The van der Waals surface area contributed by atoms with Crippen molar-refractivity contribution in [3.05, 3.63) is 23.5 Å². The molecule has 0 radical (unpaired) electrons. The number of hydrogen-bond acceptors (Lipinski definition) is 4. The molecule has 2 amide bonds. The van der Waals surface area contributed by atoms with E-state index in [0.29, 0.717) is 24.3 Å². The summed E-state index contributed by atoms with van der Waals surface area (Å²) in [6, 6.07) is 1.97. The number of carbonyl (C=O) groups is 2. The zero-order valence-corrected chi connectivity index (χ0v) is 15.7. The maximum Gasteiger partial charge on any atom is 0.255 e. The van der Waals surface area contributed by atoms with Crippen LogP contribution in [0.2, 0.25) is 0 Å². The minimum atomic E-state index is -0.173. The SMILES string of the molecule is CCNC(=O)CN(CC)C(=O)c1cc(C)nc2c1cnn2C(C)CC. The summed E-state index contributed by atoms with van der Waals surface area (Å²) in [5, 5.41) is 7.89. The zero-order chi connectivity index (χ0) is 18.6. The number of aromatic nitrogens is 3. The molecule has 2 rings (SSSR count). The Balaban J connectivity index is 2.43. The first-order valence-electron chi connectivity index (χ1n) is 8.83. The fourth-order valence-corrected chi connectivity index (χ4v) is 2.74. The Kier molecular flexibility index (Phi) is 6.12. The summed E-state index contributed by atoms with van der Waals surface area (Å²) in [7, 11) is 0. The van der Waals surface area contributed by atoms with E-state index < -0.39 is 0 Å². The van der Waals surface area contributed by atoms with E-state index in [1.165, 1.54) is 0 Å². The molecule has 7 heteroatoms. The van der Waals surface area contributed by atoms with Crippen LogP contribution in [0.3, 0.4) is 0 Å². The summed E-state index contributed by atoms with van der Waals surface area (Å²) in [5.41, 5.74) is 2.02. The van der Waals surface area contributed by atoms with Crippen LogP contribution >= 0.6 is 0 Å². The third-order valence-electron chi connectivity index (χ3n) is 4.31. The van der Waals surface area contributed by atoms with Crippen molar-refractivity contribution in [3.8, 4) is 0 Å². The number of carbonyl (C=O) groups excluding carboxylic acids is 2. The molecule has 25 heavy (non-hydrogen) atoms. The number of pyridine rings is 1. The second kappa shape index (κ2) is 8.09. The normalized spacial score (nSPS) is 12.2. The molecule has 0 aromatic carbocycles. The summed E-state index contributed by atoms with van der Waals surface area (Å²) in [5.74, 6) is -0.331. The van der Waals surface area contributed by atoms with Gasteiger partial charge in [-0.15, -0.1) is 0 Å². The topological polar surface area (TPSA) is 80.1 Å². The lowest BCUT2D eigenvalue weighted by molar-refractivity contribution is -0.121. The fraction of sp³-hybridized carbons (Fsp3) is 0.556. The second-order valence-electron chi connectivity index (χ2n) is 6.17. The van der Waals surface area contributed by atoms with Crippen molar-refractivity contribution in [2.45, 2.75) is 47.1 Å². The van der Waals surface area contributed by atoms with Crippen LogP contribution in [0.5, 0.6) is 0 Å². The van der Waals surface area contributed by atoms with E-state index in [2.05, 4.69) is 29.2 Å². The molecule has 7 nitrogen and oxygen atoms in total. The second-order valence-corrected chi connectivity index (χ2v) is 6.17. The van der Waals surface area contributed by atoms with Crippen molar-refractivity contribution in [1.29, 1.82) is 0 Å². The molecule has 1 N–H and O–H groups in total. The lowest BCUT2D eigenvalue weighted by Crippen LogP contribution is -2.40. The lowest BCUT2D eigenvalue weighted by atomic mass is 10.1. The van der Waals surface area contributed by atoms with E-state index in [1.807, 2.05) is 25.5 Å². The molecule has 0 fully saturated rings.